The van der Waals surface area contributed by atoms with Crippen molar-refractivity contribution in [3.8, 4) is 5.75 Å². The molecule has 0 aliphatic heterocycles. The third-order valence-electron chi connectivity index (χ3n) is 2.42. The molecule has 0 radical (unpaired) electrons. The Balaban J connectivity index is 2.49. The molecule has 1 aromatic carbocycles. The molecule has 0 heterocycles. The molecule has 0 spiro atoms. The van der Waals surface area contributed by atoms with Crippen molar-refractivity contribution in [3.63, 3.8) is 0 Å². The van der Waals surface area contributed by atoms with Gasteiger partial charge < -0.3 is 4.74 Å². The lowest BCUT2D eigenvalue weighted by atomic mass is 10.2. The Morgan fingerprint density at radius 1 is 1.35 bits per heavy atom. The van der Waals surface area contributed by atoms with E-state index in [0.717, 1.165) is 12.8 Å². The summed E-state index contributed by atoms with van der Waals surface area (Å²) in [5, 5.41) is -0.807. The van der Waals surface area contributed by atoms with Gasteiger partial charge in [0.2, 0.25) is 0 Å². The number of ether oxygens (including phenoxy) is 1. The molecule has 0 aliphatic carbocycles. The van der Waals surface area contributed by atoms with Gasteiger partial charge in [-0.3, -0.25) is 4.79 Å². The zero-order valence-electron chi connectivity index (χ0n) is 9.84. The average Bonchev–Trinajstić information content (AvgIpc) is 2.30. The molecule has 2 nitrogen and oxygen atoms in total. The van der Waals surface area contributed by atoms with E-state index in [1.807, 2.05) is 0 Å². The Morgan fingerprint density at radius 2 is 2.12 bits per heavy atom. The molecule has 1 rings (SSSR count). The van der Waals surface area contributed by atoms with Crippen LogP contribution >= 0.6 is 11.6 Å². The van der Waals surface area contributed by atoms with Crippen molar-refractivity contribution in [2.75, 3.05) is 6.61 Å². The first kappa shape index (κ1) is 14.0. The topological polar surface area (TPSA) is 26.3 Å². The van der Waals surface area contributed by atoms with E-state index in [9.17, 15) is 9.18 Å². The molecular formula is C13H16ClFO2. The summed E-state index contributed by atoms with van der Waals surface area (Å²) in [5.74, 6) is -0.143. The van der Waals surface area contributed by atoms with E-state index in [-0.39, 0.29) is 5.56 Å². The van der Waals surface area contributed by atoms with Crippen LogP contribution in [-0.2, 0) is 0 Å². The van der Waals surface area contributed by atoms with Crippen LogP contribution in [-0.4, -0.2) is 11.8 Å². The largest absolute Gasteiger partial charge is 0.494 e. The van der Waals surface area contributed by atoms with Crippen LogP contribution in [0.2, 0.25) is 0 Å². The van der Waals surface area contributed by atoms with Crippen LogP contribution in [0.1, 0.15) is 43.0 Å². The molecular weight excluding hydrogens is 243 g/mol. The molecule has 4 heteroatoms. The molecule has 0 aliphatic rings. The highest BCUT2D eigenvalue weighted by molar-refractivity contribution is 6.67. The predicted molar refractivity (Wildman–Crippen MR) is 66.2 cm³/mol. The Hall–Kier alpha value is -1.09. The molecule has 17 heavy (non-hydrogen) atoms. The van der Waals surface area contributed by atoms with Crippen molar-refractivity contribution >= 4 is 16.8 Å². The first-order valence-electron chi connectivity index (χ1n) is 5.77. The van der Waals surface area contributed by atoms with Gasteiger partial charge >= 0.3 is 0 Å². The molecule has 0 bridgehead atoms. The minimum absolute atomic E-state index is 0.141. The van der Waals surface area contributed by atoms with E-state index in [1.54, 1.807) is 0 Å². The number of hydrogen-bond donors (Lipinski definition) is 0. The smallest absolute Gasteiger partial charge is 0.255 e. The summed E-state index contributed by atoms with van der Waals surface area (Å²) in [6.45, 7) is 2.71. The maximum absolute atomic E-state index is 13.1. The third-order valence-corrected chi connectivity index (χ3v) is 2.62. The van der Waals surface area contributed by atoms with Gasteiger partial charge in [0.25, 0.3) is 5.24 Å². The van der Waals surface area contributed by atoms with Crippen LogP contribution in [0.4, 0.5) is 4.39 Å². The maximum atomic E-state index is 13.1. The van der Waals surface area contributed by atoms with E-state index in [1.165, 1.54) is 31.0 Å². The van der Waals surface area contributed by atoms with Crippen molar-refractivity contribution in [2.24, 2.45) is 0 Å². The van der Waals surface area contributed by atoms with Gasteiger partial charge in [-0.1, -0.05) is 26.2 Å². The number of carbonyl (C=O) groups excluding carboxylic acids is 1. The normalized spacial score (nSPS) is 10.3. The van der Waals surface area contributed by atoms with Gasteiger partial charge in [-0.2, -0.15) is 0 Å². The minimum atomic E-state index is -0.807. The Morgan fingerprint density at radius 3 is 2.76 bits per heavy atom. The third kappa shape index (κ3) is 4.73. The molecule has 0 saturated carbocycles. The van der Waals surface area contributed by atoms with Gasteiger partial charge in [0.1, 0.15) is 11.6 Å². The Labute approximate surface area is 106 Å². The molecule has 0 atom stereocenters. The van der Waals surface area contributed by atoms with E-state index < -0.39 is 11.1 Å². The van der Waals surface area contributed by atoms with Crippen LogP contribution in [0.15, 0.2) is 18.2 Å². The van der Waals surface area contributed by atoms with Crippen molar-refractivity contribution in [2.45, 2.75) is 32.6 Å². The van der Waals surface area contributed by atoms with Crippen molar-refractivity contribution in [1.29, 1.82) is 0 Å². The van der Waals surface area contributed by atoms with Crippen molar-refractivity contribution < 1.29 is 13.9 Å². The summed E-state index contributed by atoms with van der Waals surface area (Å²) < 4.78 is 18.6. The number of rotatable bonds is 7. The fraction of sp³-hybridized carbons (Fsp3) is 0.462. The highest BCUT2D eigenvalue weighted by Crippen LogP contribution is 2.19. The summed E-state index contributed by atoms with van der Waals surface area (Å²) in [6, 6.07) is 4.03. The summed E-state index contributed by atoms with van der Waals surface area (Å²) in [4.78, 5) is 10.9. The summed E-state index contributed by atoms with van der Waals surface area (Å²) in [7, 11) is 0. The number of hydrogen-bond acceptors (Lipinski definition) is 2. The molecule has 0 unspecified atom stereocenters. The molecule has 0 aromatic heterocycles. The second kappa shape index (κ2) is 7.28. The molecule has 0 saturated heterocycles. The van der Waals surface area contributed by atoms with Gasteiger partial charge in [0, 0.05) is 0 Å². The molecule has 0 N–H and O–H groups in total. The van der Waals surface area contributed by atoms with Crippen molar-refractivity contribution in [3.05, 3.63) is 29.6 Å². The molecule has 0 amide bonds. The quantitative estimate of drug-likeness (QED) is 0.542. The highest BCUT2D eigenvalue weighted by Gasteiger charge is 2.10. The highest BCUT2D eigenvalue weighted by atomic mass is 35.5. The van der Waals surface area contributed by atoms with Crippen LogP contribution in [0.5, 0.6) is 5.75 Å². The number of unbranched alkanes of at least 4 members (excludes halogenated alkanes) is 3. The van der Waals surface area contributed by atoms with Crippen LogP contribution in [0.3, 0.4) is 0 Å². The van der Waals surface area contributed by atoms with E-state index >= 15 is 0 Å². The zero-order chi connectivity index (χ0) is 12.7. The average molecular weight is 259 g/mol. The van der Waals surface area contributed by atoms with Gasteiger partial charge in [-0.05, 0) is 36.2 Å². The van der Waals surface area contributed by atoms with Gasteiger partial charge in [-0.25, -0.2) is 4.39 Å². The van der Waals surface area contributed by atoms with Crippen molar-refractivity contribution in [1.82, 2.24) is 0 Å². The molecule has 94 valence electrons. The van der Waals surface area contributed by atoms with E-state index in [0.29, 0.717) is 12.4 Å². The standard InChI is InChI=1S/C13H16ClFO2/c1-2-3-4-5-8-17-10-6-7-12(15)11(9-10)13(14)16/h6-7,9H,2-5,8H2,1H3. The van der Waals surface area contributed by atoms with E-state index in [2.05, 4.69) is 6.92 Å². The molecule has 1 aromatic rings. The molecule has 0 fully saturated rings. The fourth-order valence-electron chi connectivity index (χ4n) is 1.46. The number of carbonyl (C=O) groups is 1. The van der Waals surface area contributed by atoms with Crippen LogP contribution < -0.4 is 4.74 Å². The number of benzene rings is 1. The monoisotopic (exact) mass is 258 g/mol. The lowest BCUT2D eigenvalue weighted by Gasteiger charge is -2.07. The maximum Gasteiger partial charge on any atom is 0.255 e. The predicted octanol–water partition coefficient (Wildman–Crippen LogP) is 4.16. The fourth-order valence-corrected chi connectivity index (χ4v) is 1.61. The summed E-state index contributed by atoms with van der Waals surface area (Å²) in [6.07, 6.45) is 4.41. The summed E-state index contributed by atoms with van der Waals surface area (Å²) in [5.41, 5.74) is -0.141. The minimum Gasteiger partial charge on any atom is -0.494 e. The second-order valence-corrected chi connectivity index (χ2v) is 4.17. The van der Waals surface area contributed by atoms with Crippen LogP contribution in [0.25, 0.3) is 0 Å². The lowest BCUT2D eigenvalue weighted by Crippen LogP contribution is -2.00. The first-order chi connectivity index (χ1) is 8.15. The van der Waals surface area contributed by atoms with Gasteiger partial charge in [0.15, 0.2) is 0 Å². The van der Waals surface area contributed by atoms with Gasteiger partial charge in [-0.15, -0.1) is 0 Å². The van der Waals surface area contributed by atoms with Crippen LogP contribution in [0, 0.1) is 5.82 Å². The number of halogens is 2. The second-order valence-electron chi connectivity index (χ2n) is 3.82. The van der Waals surface area contributed by atoms with Gasteiger partial charge in [0.05, 0.1) is 12.2 Å². The lowest BCUT2D eigenvalue weighted by molar-refractivity contribution is 0.107. The first-order valence-corrected chi connectivity index (χ1v) is 6.15. The zero-order valence-corrected chi connectivity index (χ0v) is 10.6. The van der Waals surface area contributed by atoms with E-state index in [4.69, 9.17) is 16.3 Å². The SMILES string of the molecule is CCCCCCOc1ccc(F)c(C(=O)Cl)c1. The Kier molecular flexibility index (Phi) is 5.98. The summed E-state index contributed by atoms with van der Waals surface area (Å²) >= 11 is 5.25. The Bertz CT molecular complexity index is 380.